The molecule has 4 unspecified atom stereocenters. The molecular weight excluding hydrogens is 198 g/mol. The van der Waals surface area contributed by atoms with Gasteiger partial charge in [0, 0.05) is 11.8 Å². The number of hydrogen-bond acceptors (Lipinski definition) is 2. The number of nitrogens with two attached hydrogens (primary N) is 1. The van der Waals surface area contributed by atoms with Crippen LogP contribution in [0.4, 0.5) is 0 Å². The lowest BCUT2D eigenvalue weighted by Gasteiger charge is -2.27. The Labute approximate surface area is 96.8 Å². The van der Waals surface area contributed by atoms with E-state index in [4.69, 9.17) is 10.5 Å². The maximum atomic E-state index is 6.00. The van der Waals surface area contributed by atoms with Crippen LogP contribution in [0.3, 0.4) is 0 Å². The first-order chi connectivity index (χ1) is 7.79. The number of rotatable bonds is 2. The molecule has 3 rings (SSSR count). The third kappa shape index (κ3) is 1.48. The second kappa shape index (κ2) is 3.86. The maximum absolute atomic E-state index is 6.00. The fraction of sp³-hybridized carbons (Fsp3) is 0.571. The molecule has 2 saturated heterocycles. The zero-order chi connectivity index (χ0) is 11.1. The van der Waals surface area contributed by atoms with Crippen molar-refractivity contribution in [1.29, 1.82) is 0 Å². The summed E-state index contributed by atoms with van der Waals surface area (Å²) in [6.07, 6.45) is 3.25. The smallest absolute Gasteiger partial charge is 0.0652 e. The van der Waals surface area contributed by atoms with Crippen LogP contribution in [0.25, 0.3) is 0 Å². The molecule has 16 heavy (non-hydrogen) atoms. The van der Waals surface area contributed by atoms with Crippen LogP contribution in [-0.4, -0.2) is 18.8 Å². The summed E-state index contributed by atoms with van der Waals surface area (Å²) >= 11 is 0. The van der Waals surface area contributed by atoms with Crippen LogP contribution < -0.4 is 5.73 Å². The van der Waals surface area contributed by atoms with Crippen molar-refractivity contribution in [2.24, 2.45) is 11.7 Å². The lowest BCUT2D eigenvalue weighted by atomic mass is 9.75. The fourth-order valence-corrected chi connectivity index (χ4v) is 3.41. The van der Waals surface area contributed by atoms with E-state index in [0.29, 0.717) is 24.0 Å². The van der Waals surface area contributed by atoms with Gasteiger partial charge < -0.3 is 10.5 Å². The van der Waals surface area contributed by atoms with Gasteiger partial charge in [-0.25, -0.2) is 0 Å². The van der Waals surface area contributed by atoms with Crippen molar-refractivity contribution in [2.75, 3.05) is 6.54 Å². The molecule has 0 amide bonds. The number of ether oxygens (including phenoxy) is 1. The normalized spacial score (nSPS) is 36.9. The first kappa shape index (κ1) is 10.3. The number of hydrogen-bond donors (Lipinski definition) is 1. The lowest BCUT2D eigenvalue weighted by Crippen LogP contribution is -2.31. The summed E-state index contributed by atoms with van der Waals surface area (Å²) in [6.45, 7) is 2.90. The fourth-order valence-electron chi connectivity index (χ4n) is 3.41. The van der Waals surface area contributed by atoms with Crippen molar-refractivity contribution in [2.45, 2.75) is 37.9 Å². The second-order valence-corrected chi connectivity index (χ2v) is 5.13. The molecule has 1 aromatic rings. The van der Waals surface area contributed by atoms with E-state index in [1.54, 1.807) is 0 Å². The van der Waals surface area contributed by atoms with Gasteiger partial charge in [0.25, 0.3) is 0 Å². The van der Waals surface area contributed by atoms with Gasteiger partial charge >= 0.3 is 0 Å². The molecular formula is C14H19NO. The van der Waals surface area contributed by atoms with Gasteiger partial charge in [-0.05, 0) is 31.9 Å². The van der Waals surface area contributed by atoms with Crippen LogP contribution in [-0.2, 0) is 4.74 Å². The maximum Gasteiger partial charge on any atom is 0.0652 e. The molecule has 0 saturated carbocycles. The highest BCUT2D eigenvalue weighted by Crippen LogP contribution is 2.48. The molecule has 2 N–H and O–H groups in total. The molecule has 4 atom stereocenters. The summed E-state index contributed by atoms with van der Waals surface area (Å²) in [6, 6.07) is 8.81. The lowest BCUT2D eigenvalue weighted by molar-refractivity contribution is 0.0918. The molecule has 0 radical (unpaired) electrons. The largest absolute Gasteiger partial charge is 0.374 e. The van der Waals surface area contributed by atoms with Crippen LogP contribution in [0.15, 0.2) is 24.3 Å². The Morgan fingerprint density at radius 1 is 1.31 bits per heavy atom. The van der Waals surface area contributed by atoms with Crippen molar-refractivity contribution < 1.29 is 4.74 Å². The van der Waals surface area contributed by atoms with Crippen LogP contribution in [0.5, 0.6) is 0 Å². The second-order valence-electron chi connectivity index (χ2n) is 5.13. The van der Waals surface area contributed by atoms with Crippen LogP contribution in [0, 0.1) is 12.8 Å². The van der Waals surface area contributed by atoms with E-state index in [9.17, 15) is 0 Å². The monoisotopic (exact) mass is 217 g/mol. The van der Waals surface area contributed by atoms with Crippen molar-refractivity contribution in [3.8, 4) is 0 Å². The summed E-state index contributed by atoms with van der Waals surface area (Å²) in [7, 11) is 0. The first-order valence-corrected chi connectivity index (χ1v) is 6.21. The molecule has 0 aliphatic carbocycles. The Morgan fingerprint density at radius 3 is 2.88 bits per heavy atom. The highest BCUT2D eigenvalue weighted by molar-refractivity contribution is 5.29. The van der Waals surface area contributed by atoms with Gasteiger partial charge in [-0.1, -0.05) is 29.8 Å². The number of benzene rings is 1. The molecule has 2 heterocycles. The van der Waals surface area contributed by atoms with E-state index in [0.717, 1.165) is 6.54 Å². The van der Waals surface area contributed by atoms with Crippen LogP contribution in [0.1, 0.15) is 29.9 Å². The van der Waals surface area contributed by atoms with Crippen molar-refractivity contribution >= 4 is 0 Å². The molecule has 2 nitrogen and oxygen atoms in total. The molecule has 2 aliphatic rings. The van der Waals surface area contributed by atoms with Gasteiger partial charge in [-0.2, -0.15) is 0 Å². The van der Waals surface area contributed by atoms with Gasteiger partial charge in [0.15, 0.2) is 0 Å². The zero-order valence-electron chi connectivity index (χ0n) is 9.73. The molecule has 0 spiro atoms. The van der Waals surface area contributed by atoms with E-state index >= 15 is 0 Å². The molecule has 2 fully saturated rings. The summed E-state index contributed by atoms with van der Waals surface area (Å²) < 4.78 is 6.00. The Morgan fingerprint density at radius 2 is 2.12 bits per heavy atom. The number of aryl methyl sites for hydroxylation is 1. The predicted molar refractivity (Wildman–Crippen MR) is 64.4 cm³/mol. The van der Waals surface area contributed by atoms with Crippen molar-refractivity contribution in [3.63, 3.8) is 0 Å². The Bertz CT molecular complexity index is 390. The molecule has 2 aliphatic heterocycles. The van der Waals surface area contributed by atoms with Gasteiger partial charge in [0.1, 0.15) is 0 Å². The van der Waals surface area contributed by atoms with E-state index in [-0.39, 0.29) is 0 Å². The van der Waals surface area contributed by atoms with E-state index in [1.165, 1.54) is 24.0 Å². The standard InChI is InChI=1S/C14H19NO/c1-9-3-2-4-10(7-9)14-11(8-15)12-5-6-13(14)16-12/h2-4,7,11-14H,5-6,8,15H2,1H3. The Hall–Kier alpha value is -0.860. The third-order valence-electron chi connectivity index (χ3n) is 4.12. The first-order valence-electron chi connectivity index (χ1n) is 6.21. The minimum Gasteiger partial charge on any atom is -0.374 e. The quantitative estimate of drug-likeness (QED) is 0.824. The van der Waals surface area contributed by atoms with Gasteiger partial charge in [-0.3, -0.25) is 0 Å². The zero-order valence-corrected chi connectivity index (χ0v) is 9.73. The summed E-state index contributed by atoms with van der Waals surface area (Å²) in [4.78, 5) is 0. The molecule has 86 valence electrons. The highest BCUT2D eigenvalue weighted by Gasteiger charge is 2.48. The minimum atomic E-state index is 0.417. The van der Waals surface area contributed by atoms with Gasteiger partial charge in [-0.15, -0.1) is 0 Å². The average Bonchev–Trinajstić information content (AvgIpc) is 2.88. The van der Waals surface area contributed by atoms with Crippen LogP contribution in [0.2, 0.25) is 0 Å². The summed E-state index contributed by atoms with van der Waals surface area (Å²) in [5, 5.41) is 0. The van der Waals surface area contributed by atoms with E-state index < -0.39 is 0 Å². The molecule has 2 heteroatoms. The molecule has 2 bridgehead atoms. The van der Waals surface area contributed by atoms with E-state index in [1.807, 2.05) is 0 Å². The number of fused-ring (bicyclic) bond motifs is 2. The SMILES string of the molecule is Cc1cccc(C2C3CCC(O3)C2CN)c1. The van der Waals surface area contributed by atoms with Crippen molar-refractivity contribution in [3.05, 3.63) is 35.4 Å². The molecule has 1 aromatic carbocycles. The Kier molecular flexibility index (Phi) is 2.49. The molecule has 0 aromatic heterocycles. The minimum absolute atomic E-state index is 0.417. The summed E-state index contributed by atoms with van der Waals surface area (Å²) in [5.41, 5.74) is 8.65. The predicted octanol–water partition coefficient (Wildman–Crippen LogP) is 2.21. The van der Waals surface area contributed by atoms with Crippen molar-refractivity contribution in [1.82, 2.24) is 0 Å². The Balaban J connectivity index is 1.94. The van der Waals surface area contributed by atoms with Gasteiger partial charge in [0.2, 0.25) is 0 Å². The van der Waals surface area contributed by atoms with Crippen LogP contribution >= 0.6 is 0 Å². The topological polar surface area (TPSA) is 35.2 Å². The van der Waals surface area contributed by atoms with Gasteiger partial charge in [0.05, 0.1) is 12.2 Å². The average molecular weight is 217 g/mol. The van der Waals surface area contributed by atoms with E-state index in [2.05, 4.69) is 31.2 Å². The highest BCUT2D eigenvalue weighted by atomic mass is 16.5. The third-order valence-corrected chi connectivity index (χ3v) is 4.12. The summed E-state index contributed by atoms with van der Waals surface area (Å²) in [5.74, 6) is 1.06.